The fraction of sp³-hybridized carbons (Fsp3) is 0.667. The Morgan fingerprint density at radius 2 is 1.57 bits per heavy atom. The Kier molecular flexibility index (Phi) is 8.36. The standard InChI is InChI=1S/C21H34O2/c1-15(2)11-12-23-20-9-7-18(8-10-20)14-19(13-16(3)4)21(22)17(5)6/h7-10,15-17,19H,11-14H2,1-6H3/t19-/m0/s1. The molecule has 0 aliphatic rings. The van der Waals surface area contributed by atoms with Crippen molar-refractivity contribution in [3.05, 3.63) is 29.8 Å². The van der Waals surface area contributed by atoms with Crippen LogP contribution in [0.5, 0.6) is 5.75 Å². The molecule has 0 saturated heterocycles. The summed E-state index contributed by atoms with van der Waals surface area (Å²) in [5, 5.41) is 0. The number of hydrogen-bond acceptors (Lipinski definition) is 2. The van der Waals surface area contributed by atoms with Crippen LogP contribution in [-0.2, 0) is 11.2 Å². The highest BCUT2D eigenvalue weighted by atomic mass is 16.5. The Labute approximate surface area is 142 Å². The normalized spacial score (nSPS) is 12.9. The zero-order chi connectivity index (χ0) is 17.4. The summed E-state index contributed by atoms with van der Waals surface area (Å²) < 4.78 is 5.76. The molecular formula is C21H34O2. The van der Waals surface area contributed by atoms with Crippen molar-refractivity contribution in [2.45, 2.75) is 60.8 Å². The van der Waals surface area contributed by atoms with Gasteiger partial charge in [0.05, 0.1) is 6.61 Å². The van der Waals surface area contributed by atoms with Crippen LogP contribution in [0.1, 0.15) is 59.9 Å². The Bertz CT molecular complexity index is 457. The smallest absolute Gasteiger partial charge is 0.138 e. The second-order valence-corrected chi connectivity index (χ2v) is 7.76. The summed E-state index contributed by atoms with van der Waals surface area (Å²) in [7, 11) is 0. The molecule has 0 aliphatic heterocycles. The van der Waals surface area contributed by atoms with Crippen LogP contribution < -0.4 is 4.74 Å². The Morgan fingerprint density at radius 1 is 0.957 bits per heavy atom. The van der Waals surface area contributed by atoms with Crippen LogP contribution in [0.15, 0.2) is 24.3 Å². The number of carbonyl (C=O) groups excluding carboxylic acids is 1. The molecule has 1 atom stereocenters. The summed E-state index contributed by atoms with van der Waals surface area (Å²) in [6.07, 6.45) is 2.87. The Balaban J connectivity index is 2.64. The number of carbonyl (C=O) groups is 1. The molecule has 0 heterocycles. The molecule has 0 aromatic heterocycles. The molecule has 0 N–H and O–H groups in total. The molecule has 130 valence electrons. The van der Waals surface area contributed by atoms with Gasteiger partial charge >= 0.3 is 0 Å². The lowest BCUT2D eigenvalue weighted by Gasteiger charge is -2.20. The van der Waals surface area contributed by atoms with E-state index in [0.29, 0.717) is 17.6 Å². The van der Waals surface area contributed by atoms with Gasteiger partial charge in [-0.1, -0.05) is 53.7 Å². The van der Waals surface area contributed by atoms with Crippen molar-refractivity contribution >= 4 is 5.78 Å². The molecule has 2 nitrogen and oxygen atoms in total. The predicted octanol–water partition coefficient (Wildman–Crippen LogP) is 5.54. The topological polar surface area (TPSA) is 26.3 Å². The van der Waals surface area contributed by atoms with Crippen molar-refractivity contribution in [2.75, 3.05) is 6.61 Å². The molecule has 23 heavy (non-hydrogen) atoms. The fourth-order valence-electron chi connectivity index (χ4n) is 2.76. The van der Waals surface area contributed by atoms with Gasteiger partial charge in [0.25, 0.3) is 0 Å². The lowest BCUT2D eigenvalue weighted by atomic mass is 9.84. The van der Waals surface area contributed by atoms with Crippen LogP contribution in [0, 0.1) is 23.7 Å². The van der Waals surface area contributed by atoms with Crippen molar-refractivity contribution < 1.29 is 9.53 Å². The van der Waals surface area contributed by atoms with Crippen LogP contribution in [0.2, 0.25) is 0 Å². The number of rotatable bonds is 10. The van der Waals surface area contributed by atoms with E-state index in [9.17, 15) is 4.79 Å². The van der Waals surface area contributed by atoms with Crippen LogP contribution >= 0.6 is 0 Å². The highest BCUT2D eigenvalue weighted by molar-refractivity contribution is 5.83. The summed E-state index contributed by atoms with van der Waals surface area (Å²) in [5.74, 6) is 2.75. The molecule has 1 aromatic rings. The Hall–Kier alpha value is -1.31. The highest BCUT2D eigenvalue weighted by Crippen LogP contribution is 2.23. The average molecular weight is 319 g/mol. The lowest BCUT2D eigenvalue weighted by molar-refractivity contribution is -0.126. The van der Waals surface area contributed by atoms with Gasteiger partial charge in [-0.3, -0.25) is 4.79 Å². The number of benzene rings is 1. The summed E-state index contributed by atoms with van der Waals surface area (Å²) in [6, 6.07) is 8.27. The van der Waals surface area contributed by atoms with Crippen LogP contribution in [0.3, 0.4) is 0 Å². The Morgan fingerprint density at radius 3 is 2.04 bits per heavy atom. The molecular weight excluding hydrogens is 284 g/mol. The summed E-state index contributed by atoms with van der Waals surface area (Å²) in [5.41, 5.74) is 1.22. The molecule has 0 aliphatic carbocycles. The van der Waals surface area contributed by atoms with Gasteiger partial charge in [-0.15, -0.1) is 0 Å². The molecule has 0 radical (unpaired) electrons. The quantitative estimate of drug-likeness (QED) is 0.566. The summed E-state index contributed by atoms with van der Waals surface area (Å²) >= 11 is 0. The molecule has 1 aromatic carbocycles. The van der Waals surface area contributed by atoms with E-state index >= 15 is 0 Å². The molecule has 0 fully saturated rings. The van der Waals surface area contributed by atoms with E-state index in [0.717, 1.165) is 31.6 Å². The third-order valence-corrected chi connectivity index (χ3v) is 4.10. The lowest BCUT2D eigenvalue weighted by Crippen LogP contribution is -2.23. The van der Waals surface area contributed by atoms with Crippen molar-refractivity contribution in [1.82, 2.24) is 0 Å². The SMILES string of the molecule is CC(C)CCOc1ccc(C[C@H](CC(C)C)C(=O)C(C)C)cc1. The van der Waals surface area contributed by atoms with E-state index in [1.54, 1.807) is 0 Å². The van der Waals surface area contributed by atoms with Crippen LogP contribution in [0.25, 0.3) is 0 Å². The van der Waals surface area contributed by atoms with E-state index in [-0.39, 0.29) is 11.8 Å². The van der Waals surface area contributed by atoms with Gasteiger partial charge in [-0.05, 0) is 48.8 Å². The first kappa shape index (κ1) is 19.7. The minimum Gasteiger partial charge on any atom is -0.494 e. The van der Waals surface area contributed by atoms with Gasteiger partial charge in [-0.2, -0.15) is 0 Å². The first-order valence-electron chi connectivity index (χ1n) is 9.05. The molecule has 1 rings (SSSR count). The zero-order valence-electron chi connectivity index (χ0n) is 15.8. The fourth-order valence-corrected chi connectivity index (χ4v) is 2.76. The second-order valence-electron chi connectivity index (χ2n) is 7.76. The monoisotopic (exact) mass is 318 g/mol. The average Bonchev–Trinajstić information content (AvgIpc) is 2.46. The maximum Gasteiger partial charge on any atom is 0.138 e. The minimum atomic E-state index is 0.109. The van der Waals surface area contributed by atoms with Gasteiger partial charge < -0.3 is 4.74 Å². The first-order valence-corrected chi connectivity index (χ1v) is 9.05. The number of hydrogen-bond donors (Lipinski definition) is 0. The van der Waals surface area contributed by atoms with Gasteiger partial charge in [0.15, 0.2) is 0 Å². The van der Waals surface area contributed by atoms with Crippen molar-refractivity contribution in [3.8, 4) is 5.75 Å². The number of Topliss-reactive ketones (excluding diaryl/α,β-unsaturated/α-hetero) is 1. The van der Waals surface area contributed by atoms with Crippen molar-refractivity contribution in [2.24, 2.45) is 23.7 Å². The molecule has 2 heteroatoms. The van der Waals surface area contributed by atoms with E-state index in [1.807, 2.05) is 26.0 Å². The second kappa shape index (κ2) is 9.75. The largest absolute Gasteiger partial charge is 0.494 e. The van der Waals surface area contributed by atoms with Gasteiger partial charge in [0.2, 0.25) is 0 Å². The van der Waals surface area contributed by atoms with E-state index in [2.05, 4.69) is 39.8 Å². The first-order chi connectivity index (χ1) is 10.8. The van der Waals surface area contributed by atoms with Gasteiger partial charge in [0.1, 0.15) is 11.5 Å². The van der Waals surface area contributed by atoms with E-state index < -0.39 is 0 Å². The predicted molar refractivity (Wildman–Crippen MR) is 97.9 cm³/mol. The highest BCUT2D eigenvalue weighted by Gasteiger charge is 2.22. The molecule has 0 spiro atoms. The van der Waals surface area contributed by atoms with Crippen LogP contribution in [0.4, 0.5) is 0 Å². The summed E-state index contributed by atoms with van der Waals surface area (Å²) in [6.45, 7) is 13.5. The molecule has 0 amide bonds. The minimum absolute atomic E-state index is 0.109. The molecule has 0 unspecified atom stereocenters. The van der Waals surface area contributed by atoms with E-state index in [4.69, 9.17) is 4.74 Å². The maximum atomic E-state index is 12.4. The number of ketones is 1. The maximum absolute atomic E-state index is 12.4. The van der Waals surface area contributed by atoms with Crippen molar-refractivity contribution in [3.63, 3.8) is 0 Å². The van der Waals surface area contributed by atoms with Crippen molar-refractivity contribution in [1.29, 1.82) is 0 Å². The van der Waals surface area contributed by atoms with Gasteiger partial charge in [-0.25, -0.2) is 0 Å². The van der Waals surface area contributed by atoms with Crippen LogP contribution in [-0.4, -0.2) is 12.4 Å². The summed E-state index contributed by atoms with van der Waals surface area (Å²) in [4.78, 5) is 12.4. The zero-order valence-corrected chi connectivity index (χ0v) is 15.8. The molecule has 0 bridgehead atoms. The third-order valence-electron chi connectivity index (χ3n) is 4.10. The van der Waals surface area contributed by atoms with E-state index in [1.165, 1.54) is 5.56 Å². The molecule has 0 saturated carbocycles. The van der Waals surface area contributed by atoms with Gasteiger partial charge in [0, 0.05) is 11.8 Å². The third kappa shape index (κ3) is 7.67. The number of ether oxygens (including phenoxy) is 1.